The summed E-state index contributed by atoms with van der Waals surface area (Å²) in [5.74, 6) is 0. The molecule has 0 saturated heterocycles. The lowest BCUT2D eigenvalue weighted by atomic mass is 10.0. The zero-order valence-electron chi connectivity index (χ0n) is 17.8. The summed E-state index contributed by atoms with van der Waals surface area (Å²) < 4.78 is 0. The van der Waals surface area contributed by atoms with E-state index in [1.54, 1.807) is 0 Å². The highest BCUT2D eigenvalue weighted by Gasteiger charge is 1.94. The molecule has 0 aliphatic heterocycles. The van der Waals surface area contributed by atoms with Crippen LogP contribution in [-0.4, -0.2) is 13.1 Å². The van der Waals surface area contributed by atoms with E-state index in [-0.39, 0.29) is 0 Å². The quantitative estimate of drug-likeness (QED) is 0.155. The lowest BCUT2D eigenvalue weighted by molar-refractivity contribution is 0.483. The Balaban J connectivity index is 2.94. The molecule has 0 amide bonds. The summed E-state index contributed by atoms with van der Waals surface area (Å²) >= 11 is 0. The average Bonchev–Trinajstić information content (AvgIpc) is 2.63. The third-order valence-corrected chi connectivity index (χ3v) is 5.19. The highest BCUT2D eigenvalue weighted by molar-refractivity contribution is 4.51. The molecule has 0 spiro atoms. The fraction of sp³-hybridized carbons (Fsp3) is 1.00. The third kappa shape index (κ3) is 23.9. The zero-order chi connectivity index (χ0) is 18.3. The largest absolute Gasteiger partial charge is 0.258 e. The first-order valence-electron chi connectivity index (χ1n) is 11.9. The number of hydrazine groups is 1. The molecule has 0 rings (SSSR count). The molecule has 0 aromatic heterocycles. The number of hydrogen-bond acceptors (Lipinski definition) is 2. The SMILES string of the molecule is CCCCCCCCCCCCCCCCCCNNCCCCC. The van der Waals surface area contributed by atoms with Crippen molar-refractivity contribution in [3.05, 3.63) is 0 Å². The van der Waals surface area contributed by atoms with Gasteiger partial charge in [0, 0.05) is 13.1 Å². The summed E-state index contributed by atoms with van der Waals surface area (Å²) in [6, 6.07) is 0. The van der Waals surface area contributed by atoms with Gasteiger partial charge in [0.05, 0.1) is 0 Å². The van der Waals surface area contributed by atoms with Crippen LogP contribution in [0, 0.1) is 0 Å². The van der Waals surface area contributed by atoms with E-state index in [2.05, 4.69) is 24.7 Å². The van der Waals surface area contributed by atoms with E-state index in [4.69, 9.17) is 0 Å². The first-order chi connectivity index (χ1) is 12.4. The zero-order valence-corrected chi connectivity index (χ0v) is 17.8. The molecular weight excluding hydrogens is 304 g/mol. The van der Waals surface area contributed by atoms with E-state index in [0.717, 1.165) is 13.1 Å². The van der Waals surface area contributed by atoms with Crippen molar-refractivity contribution in [2.45, 2.75) is 136 Å². The van der Waals surface area contributed by atoms with Crippen molar-refractivity contribution in [1.82, 2.24) is 10.9 Å². The van der Waals surface area contributed by atoms with E-state index in [1.807, 2.05) is 0 Å². The molecule has 2 N–H and O–H groups in total. The fourth-order valence-electron chi connectivity index (χ4n) is 3.40. The number of rotatable bonds is 22. The minimum absolute atomic E-state index is 1.12. The molecule has 0 aliphatic rings. The summed E-state index contributed by atoms with van der Waals surface area (Å²) in [5.41, 5.74) is 6.67. The number of nitrogens with one attached hydrogen (secondary N) is 2. The molecule has 25 heavy (non-hydrogen) atoms. The van der Waals surface area contributed by atoms with Crippen molar-refractivity contribution in [3.8, 4) is 0 Å². The van der Waals surface area contributed by atoms with Crippen LogP contribution in [0.5, 0.6) is 0 Å². The predicted molar refractivity (Wildman–Crippen MR) is 115 cm³/mol. The van der Waals surface area contributed by atoms with Crippen molar-refractivity contribution in [2.24, 2.45) is 0 Å². The Morgan fingerprint density at radius 3 is 0.920 bits per heavy atom. The second-order valence-corrected chi connectivity index (χ2v) is 7.86. The standard InChI is InChI=1S/C23H50N2/c1-3-5-7-8-9-10-11-12-13-14-15-16-17-18-19-21-23-25-24-22-20-6-4-2/h24-25H,3-23H2,1-2H3. The Labute approximate surface area is 160 Å². The van der Waals surface area contributed by atoms with Crippen LogP contribution in [0.4, 0.5) is 0 Å². The minimum atomic E-state index is 1.12. The highest BCUT2D eigenvalue weighted by atomic mass is 15.3. The molecule has 0 aliphatic carbocycles. The van der Waals surface area contributed by atoms with Crippen LogP contribution in [-0.2, 0) is 0 Å². The average molecular weight is 355 g/mol. The van der Waals surface area contributed by atoms with Crippen molar-refractivity contribution in [2.75, 3.05) is 13.1 Å². The van der Waals surface area contributed by atoms with E-state index in [0.29, 0.717) is 0 Å². The van der Waals surface area contributed by atoms with Crippen LogP contribution in [0.15, 0.2) is 0 Å². The maximum atomic E-state index is 3.34. The molecule has 2 heteroatoms. The number of hydrogen-bond donors (Lipinski definition) is 2. The lowest BCUT2D eigenvalue weighted by Gasteiger charge is -2.06. The van der Waals surface area contributed by atoms with Crippen molar-refractivity contribution < 1.29 is 0 Å². The van der Waals surface area contributed by atoms with Gasteiger partial charge in [0.15, 0.2) is 0 Å². The topological polar surface area (TPSA) is 24.1 Å². The van der Waals surface area contributed by atoms with Gasteiger partial charge >= 0.3 is 0 Å². The van der Waals surface area contributed by atoms with E-state index >= 15 is 0 Å². The molecule has 0 aromatic carbocycles. The van der Waals surface area contributed by atoms with Gasteiger partial charge in [0.25, 0.3) is 0 Å². The Bertz CT molecular complexity index is 196. The van der Waals surface area contributed by atoms with E-state index < -0.39 is 0 Å². The minimum Gasteiger partial charge on any atom is -0.258 e. The molecule has 0 fully saturated rings. The van der Waals surface area contributed by atoms with Crippen molar-refractivity contribution in [1.29, 1.82) is 0 Å². The summed E-state index contributed by atoms with van der Waals surface area (Å²) in [6.45, 7) is 6.80. The Hall–Kier alpha value is -0.0800. The first-order valence-corrected chi connectivity index (χ1v) is 11.9. The van der Waals surface area contributed by atoms with Crippen LogP contribution in [0.3, 0.4) is 0 Å². The molecule has 152 valence electrons. The van der Waals surface area contributed by atoms with Crippen LogP contribution in [0.2, 0.25) is 0 Å². The Morgan fingerprint density at radius 2 is 0.560 bits per heavy atom. The third-order valence-electron chi connectivity index (χ3n) is 5.19. The molecule has 0 bridgehead atoms. The Kier molecular flexibility index (Phi) is 23.8. The normalized spacial score (nSPS) is 11.3. The smallest absolute Gasteiger partial charge is 0.00997 e. The van der Waals surface area contributed by atoms with Crippen molar-refractivity contribution in [3.63, 3.8) is 0 Å². The van der Waals surface area contributed by atoms with Gasteiger partial charge in [-0.25, -0.2) is 0 Å². The van der Waals surface area contributed by atoms with Gasteiger partial charge in [0.1, 0.15) is 0 Å². The molecule has 0 aromatic rings. The molecule has 0 atom stereocenters. The van der Waals surface area contributed by atoms with Gasteiger partial charge < -0.3 is 0 Å². The second kappa shape index (κ2) is 23.9. The number of unbranched alkanes of at least 4 members (excludes halogenated alkanes) is 17. The fourth-order valence-corrected chi connectivity index (χ4v) is 3.40. The van der Waals surface area contributed by atoms with Crippen LogP contribution >= 0.6 is 0 Å². The van der Waals surface area contributed by atoms with Gasteiger partial charge in [-0.05, 0) is 12.8 Å². The summed E-state index contributed by atoms with van der Waals surface area (Å²) in [4.78, 5) is 0. The molecule has 0 heterocycles. The molecule has 0 saturated carbocycles. The Morgan fingerprint density at radius 1 is 0.320 bits per heavy atom. The lowest BCUT2D eigenvalue weighted by Crippen LogP contribution is -2.33. The predicted octanol–water partition coefficient (Wildman–Crippen LogP) is 7.53. The maximum absolute atomic E-state index is 3.34. The van der Waals surface area contributed by atoms with E-state index in [1.165, 1.54) is 122 Å². The van der Waals surface area contributed by atoms with Gasteiger partial charge in [-0.3, -0.25) is 10.9 Å². The molecule has 0 radical (unpaired) electrons. The van der Waals surface area contributed by atoms with Gasteiger partial charge in [0.2, 0.25) is 0 Å². The summed E-state index contributed by atoms with van der Waals surface area (Å²) in [7, 11) is 0. The van der Waals surface area contributed by atoms with Gasteiger partial charge in [-0.1, -0.05) is 123 Å². The molecule has 2 nitrogen and oxygen atoms in total. The summed E-state index contributed by atoms with van der Waals surface area (Å²) in [6.07, 6.45) is 27.0. The first kappa shape index (κ1) is 24.9. The van der Waals surface area contributed by atoms with E-state index in [9.17, 15) is 0 Å². The second-order valence-electron chi connectivity index (χ2n) is 7.86. The van der Waals surface area contributed by atoms with Gasteiger partial charge in [-0.15, -0.1) is 0 Å². The molecule has 0 unspecified atom stereocenters. The molecular formula is C23H50N2. The van der Waals surface area contributed by atoms with Gasteiger partial charge in [-0.2, -0.15) is 0 Å². The van der Waals surface area contributed by atoms with Crippen molar-refractivity contribution >= 4 is 0 Å². The van der Waals surface area contributed by atoms with Crippen LogP contribution in [0.1, 0.15) is 136 Å². The monoisotopic (exact) mass is 354 g/mol. The maximum Gasteiger partial charge on any atom is 0.00997 e. The summed E-state index contributed by atoms with van der Waals surface area (Å²) in [5, 5.41) is 0. The van der Waals surface area contributed by atoms with Crippen LogP contribution < -0.4 is 10.9 Å². The van der Waals surface area contributed by atoms with Crippen LogP contribution in [0.25, 0.3) is 0 Å². The highest BCUT2D eigenvalue weighted by Crippen LogP contribution is 2.13.